The van der Waals surface area contributed by atoms with Crippen LogP contribution >= 0.6 is 0 Å². The topological polar surface area (TPSA) is 47.6 Å². The summed E-state index contributed by atoms with van der Waals surface area (Å²) in [5.41, 5.74) is 0.659. The fourth-order valence-electron chi connectivity index (χ4n) is 2.44. The van der Waals surface area contributed by atoms with Crippen LogP contribution in [0, 0.1) is 0 Å². The van der Waals surface area contributed by atoms with E-state index >= 15 is 0 Å². The van der Waals surface area contributed by atoms with E-state index in [-0.39, 0.29) is 11.8 Å². The minimum Gasteiger partial charge on any atom is -0.493 e. The van der Waals surface area contributed by atoms with Crippen LogP contribution in [0.2, 0.25) is 0 Å². The third kappa shape index (κ3) is 4.21. The van der Waals surface area contributed by atoms with E-state index in [2.05, 4.69) is 19.2 Å². The summed E-state index contributed by atoms with van der Waals surface area (Å²) in [6.45, 7) is 6.31. The summed E-state index contributed by atoms with van der Waals surface area (Å²) in [4.78, 5) is 12.6. The van der Waals surface area contributed by atoms with Crippen LogP contribution in [0.1, 0.15) is 49.9 Å². The summed E-state index contributed by atoms with van der Waals surface area (Å²) in [6, 6.07) is 5.46. The molecule has 4 heteroatoms. The molecule has 21 heavy (non-hydrogen) atoms. The molecule has 1 aliphatic heterocycles. The smallest absolute Gasteiger partial charge is 0.183 e. The molecule has 1 aromatic rings. The first-order chi connectivity index (χ1) is 10.3. The van der Waals surface area contributed by atoms with Crippen molar-refractivity contribution in [3.63, 3.8) is 0 Å². The molecular weight excluding hydrogens is 266 g/mol. The Labute approximate surface area is 126 Å². The van der Waals surface area contributed by atoms with Gasteiger partial charge < -0.3 is 14.8 Å². The second-order valence-corrected chi connectivity index (χ2v) is 5.37. The Morgan fingerprint density at radius 1 is 1.24 bits per heavy atom. The fraction of sp³-hybridized carbons (Fsp3) is 0.588. The number of carbonyl (C=O) groups excluding carboxylic acids is 1. The van der Waals surface area contributed by atoms with Crippen LogP contribution < -0.4 is 14.8 Å². The molecule has 1 aliphatic rings. The van der Waals surface area contributed by atoms with Gasteiger partial charge in [0.1, 0.15) is 11.5 Å². The maximum atomic E-state index is 12.6. The third-order valence-electron chi connectivity index (χ3n) is 3.53. The second kappa shape index (κ2) is 8.03. The van der Waals surface area contributed by atoms with Crippen molar-refractivity contribution in [3.05, 3.63) is 23.8 Å². The molecule has 1 aromatic carbocycles. The second-order valence-electron chi connectivity index (χ2n) is 5.37. The number of carbonyl (C=O) groups is 1. The van der Waals surface area contributed by atoms with Gasteiger partial charge in [-0.3, -0.25) is 4.79 Å². The van der Waals surface area contributed by atoms with Gasteiger partial charge in [-0.2, -0.15) is 0 Å². The summed E-state index contributed by atoms with van der Waals surface area (Å²) < 4.78 is 11.4. The van der Waals surface area contributed by atoms with E-state index in [0.29, 0.717) is 24.5 Å². The average molecular weight is 291 g/mol. The predicted molar refractivity (Wildman–Crippen MR) is 83.4 cm³/mol. The Bertz CT molecular complexity index is 467. The third-order valence-corrected chi connectivity index (χ3v) is 3.53. The Kier molecular flexibility index (Phi) is 6.05. The molecule has 1 heterocycles. The maximum Gasteiger partial charge on any atom is 0.183 e. The molecule has 4 nitrogen and oxygen atoms in total. The lowest BCUT2D eigenvalue weighted by Crippen LogP contribution is -2.31. The SMILES string of the molecule is CCCOc1ccc(C(=O)C2CCCN2)c(OCCC)c1. The van der Waals surface area contributed by atoms with Crippen LogP contribution in [0.25, 0.3) is 0 Å². The highest BCUT2D eigenvalue weighted by Crippen LogP contribution is 2.27. The zero-order valence-electron chi connectivity index (χ0n) is 13.0. The number of benzene rings is 1. The number of Topliss-reactive ketones (excluding diaryl/α,β-unsaturated/α-hetero) is 1. The summed E-state index contributed by atoms with van der Waals surface area (Å²) in [7, 11) is 0. The molecule has 1 N–H and O–H groups in total. The molecule has 0 aliphatic carbocycles. The molecule has 116 valence electrons. The van der Waals surface area contributed by atoms with Crippen molar-refractivity contribution in [2.75, 3.05) is 19.8 Å². The van der Waals surface area contributed by atoms with Gasteiger partial charge in [0, 0.05) is 6.07 Å². The van der Waals surface area contributed by atoms with Crippen LogP contribution in [0.5, 0.6) is 11.5 Å². The quantitative estimate of drug-likeness (QED) is 0.747. The monoisotopic (exact) mass is 291 g/mol. The molecule has 0 aromatic heterocycles. The Morgan fingerprint density at radius 2 is 2.00 bits per heavy atom. The first-order valence-corrected chi connectivity index (χ1v) is 7.93. The van der Waals surface area contributed by atoms with Crippen LogP contribution in [0.15, 0.2) is 18.2 Å². The number of ketones is 1. The van der Waals surface area contributed by atoms with E-state index in [1.807, 2.05) is 18.2 Å². The van der Waals surface area contributed by atoms with E-state index in [9.17, 15) is 4.79 Å². The average Bonchev–Trinajstić information content (AvgIpc) is 3.04. The van der Waals surface area contributed by atoms with Gasteiger partial charge in [0.15, 0.2) is 5.78 Å². The van der Waals surface area contributed by atoms with Crippen molar-refractivity contribution in [1.82, 2.24) is 5.32 Å². The lowest BCUT2D eigenvalue weighted by atomic mass is 10.0. The van der Waals surface area contributed by atoms with E-state index in [0.717, 1.165) is 38.0 Å². The zero-order chi connectivity index (χ0) is 15.1. The van der Waals surface area contributed by atoms with Crippen molar-refractivity contribution in [2.45, 2.75) is 45.6 Å². The van der Waals surface area contributed by atoms with Gasteiger partial charge in [0.2, 0.25) is 0 Å². The van der Waals surface area contributed by atoms with E-state index in [1.54, 1.807) is 0 Å². The molecule has 1 atom stereocenters. The molecular formula is C17H25NO3. The van der Waals surface area contributed by atoms with Crippen LogP contribution in [0.4, 0.5) is 0 Å². The predicted octanol–water partition coefficient (Wildman–Crippen LogP) is 3.20. The number of hydrogen-bond acceptors (Lipinski definition) is 4. The minimum atomic E-state index is -0.0728. The highest BCUT2D eigenvalue weighted by Gasteiger charge is 2.25. The Morgan fingerprint density at radius 3 is 2.67 bits per heavy atom. The number of ether oxygens (including phenoxy) is 2. The molecule has 1 unspecified atom stereocenters. The molecule has 1 saturated heterocycles. The largest absolute Gasteiger partial charge is 0.493 e. The van der Waals surface area contributed by atoms with Crippen molar-refractivity contribution >= 4 is 5.78 Å². The van der Waals surface area contributed by atoms with Gasteiger partial charge in [-0.1, -0.05) is 13.8 Å². The van der Waals surface area contributed by atoms with Gasteiger partial charge in [-0.25, -0.2) is 0 Å². The molecule has 0 radical (unpaired) electrons. The molecule has 0 spiro atoms. The van der Waals surface area contributed by atoms with Gasteiger partial charge in [0.05, 0.1) is 24.8 Å². The van der Waals surface area contributed by atoms with Crippen molar-refractivity contribution in [1.29, 1.82) is 0 Å². The highest BCUT2D eigenvalue weighted by atomic mass is 16.5. The van der Waals surface area contributed by atoms with Crippen LogP contribution in [-0.2, 0) is 0 Å². The Balaban J connectivity index is 2.18. The normalized spacial score (nSPS) is 17.7. The van der Waals surface area contributed by atoms with Crippen molar-refractivity contribution in [3.8, 4) is 11.5 Å². The standard InChI is InChI=1S/C17H25NO3/c1-3-10-20-13-7-8-14(16(12-13)21-11-4-2)17(19)15-6-5-9-18-15/h7-8,12,15,18H,3-6,9-11H2,1-2H3. The maximum absolute atomic E-state index is 12.6. The lowest BCUT2D eigenvalue weighted by molar-refractivity contribution is 0.0948. The number of rotatable bonds is 8. The van der Waals surface area contributed by atoms with Gasteiger partial charge >= 0.3 is 0 Å². The summed E-state index contributed by atoms with van der Waals surface area (Å²) in [6.07, 6.45) is 3.83. The number of nitrogens with one attached hydrogen (secondary N) is 1. The van der Waals surface area contributed by atoms with E-state index in [4.69, 9.17) is 9.47 Å². The highest BCUT2D eigenvalue weighted by molar-refractivity contribution is 6.02. The zero-order valence-corrected chi connectivity index (χ0v) is 13.0. The van der Waals surface area contributed by atoms with Crippen LogP contribution in [-0.4, -0.2) is 31.6 Å². The minimum absolute atomic E-state index is 0.0728. The fourth-order valence-corrected chi connectivity index (χ4v) is 2.44. The summed E-state index contributed by atoms with van der Waals surface area (Å²) in [5.74, 6) is 1.53. The van der Waals surface area contributed by atoms with E-state index < -0.39 is 0 Å². The molecule has 0 saturated carbocycles. The molecule has 1 fully saturated rings. The Hall–Kier alpha value is -1.55. The van der Waals surface area contributed by atoms with Crippen molar-refractivity contribution in [2.24, 2.45) is 0 Å². The molecule has 0 amide bonds. The van der Waals surface area contributed by atoms with Gasteiger partial charge in [-0.15, -0.1) is 0 Å². The van der Waals surface area contributed by atoms with Crippen LogP contribution in [0.3, 0.4) is 0 Å². The lowest BCUT2D eigenvalue weighted by Gasteiger charge is -2.15. The van der Waals surface area contributed by atoms with Gasteiger partial charge in [0.25, 0.3) is 0 Å². The molecule has 2 rings (SSSR count). The molecule has 0 bridgehead atoms. The number of hydrogen-bond donors (Lipinski definition) is 1. The van der Waals surface area contributed by atoms with Gasteiger partial charge in [-0.05, 0) is 44.4 Å². The summed E-state index contributed by atoms with van der Waals surface area (Å²) >= 11 is 0. The first-order valence-electron chi connectivity index (χ1n) is 7.93. The first kappa shape index (κ1) is 15.8. The summed E-state index contributed by atoms with van der Waals surface area (Å²) in [5, 5.41) is 3.25. The van der Waals surface area contributed by atoms with Crippen molar-refractivity contribution < 1.29 is 14.3 Å². The van der Waals surface area contributed by atoms with E-state index in [1.165, 1.54) is 0 Å².